The number of aromatic nitrogens is 5. The van der Waals surface area contributed by atoms with Crippen molar-refractivity contribution in [2.75, 3.05) is 11.9 Å². The largest absolute Gasteiger partial charge is 0.324 e. The average molecular weight is 369 g/mol. The minimum atomic E-state index is -0.597. The van der Waals surface area contributed by atoms with E-state index < -0.39 is 6.04 Å². The van der Waals surface area contributed by atoms with E-state index in [4.69, 9.17) is 0 Å². The van der Waals surface area contributed by atoms with Crippen LogP contribution in [0.25, 0.3) is 11.3 Å². The van der Waals surface area contributed by atoms with Crippen LogP contribution in [-0.2, 0) is 17.9 Å². The van der Waals surface area contributed by atoms with Crippen molar-refractivity contribution in [3.63, 3.8) is 0 Å². The number of benzene rings is 1. The maximum Gasteiger partial charge on any atom is 0.249 e. The second kappa shape index (κ2) is 6.92. The van der Waals surface area contributed by atoms with Crippen molar-refractivity contribution in [3.05, 3.63) is 47.7 Å². The number of hydrogen-bond acceptors (Lipinski definition) is 5. The van der Waals surface area contributed by atoms with E-state index >= 15 is 0 Å². The summed E-state index contributed by atoms with van der Waals surface area (Å²) in [5, 5.41) is 18.7. The maximum absolute atomic E-state index is 13.7. The highest BCUT2D eigenvalue weighted by Gasteiger charge is 2.21. The molecular weight excluding hydrogens is 349 g/mol. The van der Waals surface area contributed by atoms with Gasteiger partial charge in [-0.2, -0.15) is 5.10 Å². The minimum Gasteiger partial charge on any atom is -0.324 e. The Morgan fingerprint density at radius 3 is 3.07 bits per heavy atom. The van der Waals surface area contributed by atoms with Gasteiger partial charge in [0.1, 0.15) is 17.6 Å². The molecule has 8 nitrogen and oxygen atoms in total. The molecule has 1 atom stereocenters. The number of amides is 1. The summed E-state index contributed by atoms with van der Waals surface area (Å²) >= 11 is 0. The number of carbonyl (C=O) groups is 1. The van der Waals surface area contributed by atoms with Crippen LogP contribution in [0.3, 0.4) is 0 Å². The highest BCUT2D eigenvalue weighted by Crippen LogP contribution is 2.24. The number of aryl methyl sites for hydroxylation is 1. The van der Waals surface area contributed by atoms with Gasteiger partial charge in [-0.3, -0.25) is 9.48 Å². The van der Waals surface area contributed by atoms with Crippen LogP contribution in [0.1, 0.15) is 24.2 Å². The summed E-state index contributed by atoms with van der Waals surface area (Å²) in [5.41, 5.74) is 3.57. The monoisotopic (exact) mass is 369 g/mol. The topological polar surface area (TPSA) is 89.7 Å². The van der Waals surface area contributed by atoms with Gasteiger partial charge in [0.2, 0.25) is 5.91 Å². The van der Waals surface area contributed by atoms with Crippen LogP contribution < -0.4 is 10.6 Å². The van der Waals surface area contributed by atoms with Gasteiger partial charge in [0.15, 0.2) is 0 Å². The molecule has 9 heteroatoms. The molecule has 140 valence electrons. The van der Waals surface area contributed by atoms with Gasteiger partial charge in [-0.05, 0) is 31.5 Å². The molecule has 2 N–H and O–H groups in total. The lowest BCUT2D eigenvalue weighted by Crippen LogP contribution is -2.28. The first-order valence-electron chi connectivity index (χ1n) is 8.77. The van der Waals surface area contributed by atoms with Gasteiger partial charge in [0.05, 0.1) is 24.6 Å². The first-order chi connectivity index (χ1) is 13.0. The Morgan fingerprint density at radius 2 is 2.26 bits per heavy atom. The van der Waals surface area contributed by atoms with E-state index in [9.17, 15) is 9.18 Å². The zero-order chi connectivity index (χ0) is 19.0. The lowest BCUT2D eigenvalue weighted by atomic mass is 10.1. The molecule has 1 aliphatic heterocycles. The smallest absolute Gasteiger partial charge is 0.249 e. The third-order valence-corrected chi connectivity index (χ3v) is 4.74. The van der Waals surface area contributed by atoms with E-state index in [2.05, 4.69) is 26.0 Å². The Bertz CT molecular complexity index is 994. The van der Waals surface area contributed by atoms with E-state index in [-0.39, 0.29) is 11.7 Å². The molecule has 0 aliphatic carbocycles. The minimum absolute atomic E-state index is 0.298. The molecule has 27 heavy (non-hydrogen) atoms. The van der Waals surface area contributed by atoms with Gasteiger partial charge in [-0.1, -0.05) is 11.3 Å². The summed E-state index contributed by atoms with van der Waals surface area (Å²) in [6.45, 7) is 5.81. The summed E-state index contributed by atoms with van der Waals surface area (Å²) in [4.78, 5) is 12.5. The highest BCUT2D eigenvalue weighted by atomic mass is 19.1. The van der Waals surface area contributed by atoms with E-state index in [0.717, 1.165) is 30.9 Å². The fourth-order valence-corrected chi connectivity index (χ4v) is 3.02. The van der Waals surface area contributed by atoms with E-state index in [1.165, 1.54) is 10.7 Å². The average Bonchev–Trinajstić information content (AvgIpc) is 3.30. The van der Waals surface area contributed by atoms with Crippen molar-refractivity contribution < 1.29 is 9.18 Å². The molecule has 0 fully saturated rings. The van der Waals surface area contributed by atoms with Crippen molar-refractivity contribution in [2.45, 2.75) is 33.0 Å². The predicted molar refractivity (Wildman–Crippen MR) is 97.4 cm³/mol. The van der Waals surface area contributed by atoms with Crippen molar-refractivity contribution in [1.82, 2.24) is 30.1 Å². The lowest BCUT2D eigenvalue weighted by Gasteiger charge is -2.15. The third kappa shape index (κ3) is 3.33. The number of nitrogens with zero attached hydrogens (tertiary/aromatic N) is 5. The molecule has 3 heterocycles. The summed E-state index contributed by atoms with van der Waals surface area (Å²) < 4.78 is 17.1. The number of carbonyl (C=O) groups excluding carboxylic acids is 1. The van der Waals surface area contributed by atoms with Gasteiger partial charge in [0.25, 0.3) is 0 Å². The number of rotatable bonds is 4. The second-order valence-electron chi connectivity index (χ2n) is 6.62. The maximum atomic E-state index is 13.7. The Morgan fingerprint density at radius 1 is 1.41 bits per heavy atom. The Balaban J connectivity index is 1.51. The molecule has 4 rings (SSSR count). The van der Waals surface area contributed by atoms with E-state index in [0.29, 0.717) is 16.9 Å². The zero-order valence-electron chi connectivity index (χ0n) is 15.1. The number of hydrogen-bond donors (Lipinski definition) is 2. The predicted octanol–water partition coefficient (Wildman–Crippen LogP) is 1.89. The molecule has 1 unspecified atom stereocenters. The lowest BCUT2D eigenvalue weighted by molar-refractivity contribution is -0.119. The van der Waals surface area contributed by atoms with Crippen molar-refractivity contribution in [3.8, 4) is 11.3 Å². The third-order valence-electron chi connectivity index (χ3n) is 4.74. The van der Waals surface area contributed by atoms with Crippen LogP contribution >= 0.6 is 0 Å². The fourth-order valence-electron chi connectivity index (χ4n) is 3.02. The van der Waals surface area contributed by atoms with Crippen LogP contribution in [0.2, 0.25) is 0 Å². The number of anilines is 1. The van der Waals surface area contributed by atoms with Crippen molar-refractivity contribution in [1.29, 1.82) is 0 Å². The van der Waals surface area contributed by atoms with Gasteiger partial charge in [0, 0.05) is 24.3 Å². The molecule has 0 spiro atoms. The molecule has 2 aromatic heterocycles. The SMILES string of the molecule is Cc1ccc(NC(=O)C(C)n2cc(-c3cnn4c3CNCC4)nn2)cc1F. The standard InChI is InChI=1S/C18H20FN7O/c1-11-3-4-13(7-15(11)19)22-18(27)12(2)26-10-16(23-24-26)14-8-21-25-6-5-20-9-17(14)25/h3-4,7-8,10,12,20H,5-6,9H2,1-2H3,(H,22,27). The van der Waals surface area contributed by atoms with Crippen LogP contribution in [0.15, 0.2) is 30.6 Å². The number of fused-ring (bicyclic) bond motifs is 1. The van der Waals surface area contributed by atoms with Gasteiger partial charge < -0.3 is 10.6 Å². The van der Waals surface area contributed by atoms with E-state index in [1.807, 2.05) is 4.68 Å². The number of halogens is 1. The highest BCUT2D eigenvalue weighted by molar-refractivity contribution is 5.93. The first kappa shape index (κ1) is 17.3. The second-order valence-corrected chi connectivity index (χ2v) is 6.62. The van der Waals surface area contributed by atoms with Gasteiger partial charge >= 0.3 is 0 Å². The molecule has 3 aromatic rings. The first-order valence-corrected chi connectivity index (χ1v) is 8.77. The van der Waals surface area contributed by atoms with Crippen molar-refractivity contribution in [2.24, 2.45) is 0 Å². The molecular formula is C18H20FN7O. The number of nitrogens with one attached hydrogen (secondary N) is 2. The Labute approximate surface area is 155 Å². The molecule has 0 saturated heterocycles. The van der Waals surface area contributed by atoms with Crippen LogP contribution in [0.5, 0.6) is 0 Å². The van der Waals surface area contributed by atoms with Crippen LogP contribution in [0.4, 0.5) is 10.1 Å². The zero-order valence-corrected chi connectivity index (χ0v) is 15.1. The molecule has 0 radical (unpaired) electrons. The molecule has 1 aromatic carbocycles. The molecule has 1 aliphatic rings. The van der Waals surface area contributed by atoms with Crippen LogP contribution in [-0.4, -0.2) is 37.2 Å². The quantitative estimate of drug-likeness (QED) is 0.733. The van der Waals surface area contributed by atoms with Gasteiger partial charge in [-0.15, -0.1) is 5.10 Å². The van der Waals surface area contributed by atoms with Crippen LogP contribution in [0, 0.1) is 12.7 Å². The molecule has 0 bridgehead atoms. The normalized spacial score (nSPS) is 14.6. The summed E-state index contributed by atoms with van der Waals surface area (Å²) in [7, 11) is 0. The van der Waals surface area contributed by atoms with E-state index in [1.54, 1.807) is 38.4 Å². The fraction of sp³-hybridized carbons (Fsp3) is 0.333. The summed E-state index contributed by atoms with van der Waals surface area (Å²) in [6, 6.07) is 4.00. The molecule has 0 saturated carbocycles. The Hall–Kier alpha value is -3.07. The van der Waals surface area contributed by atoms with Gasteiger partial charge in [-0.25, -0.2) is 9.07 Å². The summed E-state index contributed by atoms with van der Waals surface area (Å²) in [5.74, 6) is -0.656. The van der Waals surface area contributed by atoms with Crippen molar-refractivity contribution >= 4 is 11.6 Å². The molecule has 1 amide bonds. The Kier molecular flexibility index (Phi) is 4.44. The summed E-state index contributed by atoms with van der Waals surface area (Å²) in [6.07, 6.45) is 3.50.